The lowest BCUT2D eigenvalue weighted by Crippen LogP contribution is -2.49. The Morgan fingerprint density at radius 2 is 1.81 bits per heavy atom. The van der Waals surface area contributed by atoms with Gasteiger partial charge in [0.25, 0.3) is 0 Å². The molecule has 2 aromatic rings. The second-order valence-corrected chi connectivity index (χ2v) is 7.25. The third-order valence-electron chi connectivity index (χ3n) is 5.23. The summed E-state index contributed by atoms with van der Waals surface area (Å²) in [5.41, 5.74) is -3.55. The molecule has 12 heteroatoms. The molecule has 1 fully saturated rings. The summed E-state index contributed by atoms with van der Waals surface area (Å²) in [5.74, 6) is -0.845. The minimum absolute atomic E-state index is 0.0159. The zero-order valence-electron chi connectivity index (χ0n) is 16.4. The maximum Gasteiger partial charge on any atom is 0.416 e. The van der Waals surface area contributed by atoms with Gasteiger partial charge in [-0.25, -0.2) is 19.8 Å². The van der Waals surface area contributed by atoms with E-state index in [0.29, 0.717) is 0 Å². The number of carboxylic acid groups (broad SMARTS) is 1. The van der Waals surface area contributed by atoms with Gasteiger partial charge in [0.05, 0.1) is 5.56 Å². The second kappa shape index (κ2) is 7.86. The lowest BCUT2D eigenvalue weighted by molar-refractivity contribution is -0.137. The van der Waals surface area contributed by atoms with Crippen molar-refractivity contribution in [2.75, 3.05) is 26.2 Å². The first-order valence-electron chi connectivity index (χ1n) is 9.52. The molecule has 1 atom stereocenters. The van der Waals surface area contributed by atoms with Crippen LogP contribution in [0.4, 0.5) is 22.4 Å². The SMILES string of the molecule is O=C(O)N1CCN(C2=NC(O)(c3cccc(C(F)(F)F)c3)C(c3ccnc(F)c3)=N2)CC1. The summed E-state index contributed by atoms with van der Waals surface area (Å²) in [6, 6.07) is 6.40. The fourth-order valence-electron chi connectivity index (χ4n) is 3.57. The molecule has 2 N–H and O–H groups in total. The van der Waals surface area contributed by atoms with E-state index < -0.39 is 29.5 Å². The van der Waals surface area contributed by atoms with Gasteiger partial charge in [-0.15, -0.1) is 0 Å². The normalized spacial score (nSPS) is 21.4. The van der Waals surface area contributed by atoms with E-state index in [0.717, 1.165) is 30.5 Å². The highest BCUT2D eigenvalue weighted by Crippen LogP contribution is 2.37. The van der Waals surface area contributed by atoms with Crippen molar-refractivity contribution in [3.63, 3.8) is 0 Å². The Hall–Kier alpha value is -3.54. The van der Waals surface area contributed by atoms with Crippen LogP contribution in [0.5, 0.6) is 0 Å². The number of guanidine groups is 1. The van der Waals surface area contributed by atoms with E-state index in [2.05, 4.69) is 15.0 Å². The molecule has 2 aliphatic rings. The number of aliphatic imine (C=N–C) groups is 2. The van der Waals surface area contributed by atoms with Crippen LogP contribution in [0.25, 0.3) is 0 Å². The van der Waals surface area contributed by atoms with E-state index in [1.807, 2.05) is 0 Å². The first-order chi connectivity index (χ1) is 15.1. The Labute approximate surface area is 179 Å². The minimum atomic E-state index is -4.65. The summed E-state index contributed by atoms with van der Waals surface area (Å²) >= 11 is 0. The first-order valence-corrected chi connectivity index (χ1v) is 9.52. The van der Waals surface area contributed by atoms with Gasteiger partial charge in [-0.2, -0.15) is 17.6 Å². The average molecular weight is 451 g/mol. The molecule has 0 radical (unpaired) electrons. The fraction of sp³-hybridized carbons (Fsp3) is 0.300. The topological polar surface area (TPSA) is 102 Å². The van der Waals surface area contributed by atoms with Crippen molar-refractivity contribution in [1.29, 1.82) is 0 Å². The van der Waals surface area contributed by atoms with Gasteiger partial charge in [0.2, 0.25) is 17.6 Å². The van der Waals surface area contributed by atoms with Crippen LogP contribution in [0.15, 0.2) is 52.6 Å². The Kier molecular flexibility index (Phi) is 5.33. The number of benzene rings is 1. The molecular formula is C20H17F4N5O3. The maximum atomic E-state index is 13.8. The maximum absolute atomic E-state index is 13.8. The van der Waals surface area contributed by atoms with Crippen LogP contribution in [-0.4, -0.2) is 68.9 Å². The van der Waals surface area contributed by atoms with Crippen molar-refractivity contribution in [2.45, 2.75) is 11.9 Å². The van der Waals surface area contributed by atoms with Crippen LogP contribution < -0.4 is 0 Å². The molecule has 8 nitrogen and oxygen atoms in total. The van der Waals surface area contributed by atoms with Crippen LogP contribution in [0, 0.1) is 5.95 Å². The van der Waals surface area contributed by atoms with Crippen LogP contribution in [-0.2, 0) is 11.9 Å². The molecule has 1 unspecified atom stereocenters. The Morgan fingerprint density at radius 1 is 1.09 bits per heavy atom. The van der Waals surface area contributed by atoms with Gasteiger partial charge in [-0.1, -0.05) is 12.1 Å². The Morgan fingerprint density at radius 3 is 2.44 bits per heavy atom. The number of hydrogen-bond acceptors (Lipinski definition) is 6. The number of aromatic nitrogens is 1. The van der Waals surface area contributed by atoms with E-state index >= 15 is 0 Å². The highest BCUT2D eigenvalue weighted by Gasteiger charge is 2.44. The van der Waals surface area contributed by atoms with Gasteiger partial charge in [-0.3, -0.25) is 0 Å². The van der Waals surface area contributed by atoms with Crippen molar-refractivity contribution >= 4 is 17.8 Å². The molecule has 168 valence electrons. The number of pyridine rings is 1. The number of hydrogen-bond donors (Lipinski definition) is 2. The average Bonchev–Trinajstić information content (AvgIpc) is 3.12. The summed E-state index contributed by atoms with van der Waals surface area (Å²) < 4.78 is 53.5. The predicted octanol–water partition coefficient (Wildman–Crippen LogP) is 2.54. The molecule has 0 spiro atoms. The molecule has 1 amide bonds. The largest absolute Gasteiger partial charge is 0.465 e. The van der Waals surface area contributed by atoms with Crippen LogP contribution >= 0.6 is 0 Å². The van der Waals surface area contributed by atoms with Crippen LogP contribution in [0.2, 0.25) is 0 Å². The second-order valence-electron chi connectivity index (χ2n) is 7.25. The summed E-state index contributed by atoms with van der Waals surface area (Å²) in [4.78, 5) is 25.9. The summed E-state index contributed by atoms with van der Waals surface area (Å²) in [7, 11) is 0. The molecule has 0 aliphatic carbocycles. The van der Waals surface area contributed by atoms with Gasteiger partial charge in [0.15, 0.2) is 0 Å². The van der Waals surface area contributed by atoms with E-state index in [1.54, 1.807) is 4.90 Å². The zero-order chi connectivity index (χ0) is 23.1. The van der Waals surface area contributed by atoms with Crippen LogP contribution in [0.3, 0.4) is 0 Å². The molecule has 4 rings (SSSR count). The summed E-state index contributed by atoms with van der Waals surface area (Å²) in [5, 5.41) is 20.5. The quantitative estimate of drug-likeness (QED) is 0.540. The van der Waals surface area contributed by atoms with Crippen LogP contribution in [0.1, 0.15) is 16.7 Å². The lowest BCUT2D eigenvalue weighted by atomic mass is 9.93. The molecule has 32 heavy (non-hydrogen) atoms. The predicted molar refractivity (Wildman–Crippen MR) is 105 cm³/mol. The Bertz CT molecular complexity index is 1110. The van der Waals surface area contributed by atoms with Gasteiger partial charge >= 0.3 is 12.3 Å². The smallest absolute Gasteiger partial charge is 0.416 e. The third-order valence-corrected chi connectivity index (χ3v) is 5.23. The number of halogens is 4. The number of nitrogens with zero attached hydrogens (tertiary/aromatic N) is 5. The number of piperazine rings is 1. The number of alkyl halides is 3. The van der Waals surface area contributed by atoms with E-state index in [1.165, 1.54) is 17.0 Å². The molecular weight excluding hydrogens is 434 g/mol. The minimum Gasteiger partial charge on any atom is -0.465 e. The summed E-state index contributed by atoms with van der Waals surface area (Å²) in [6.45, 7) is 0.743. The number of carbonyl (C=O) groups is 1. The van der Waals surface area contributed by atoms with Crippen molar-refractivity contribution in [1.82, 2.24) is 14.8 Å². The van der Waals surface area contributed by atoms with Crippen molar-refractivity contribution in [3.8, 4) is 0 Å². The van der Waals surface area contributed by atoms with E-state index in [4.69, 9.17) is 5.11 Å². The fourth-order valence-corrected chi connectivity index (χ4v) is 3.57. The molecule has 1 saturated heterocycles. The number of aliphatic hydroxyl groups is 1. The zero-order valence-corrected chi connectivity index (χ0v) is 16.4. The van der Waals surface area contributed by atoms with Gasteiger partial charge in [0.1, 0.15) is 5.71 Å². The lowest BCUT2D eigenvalue weighted by Gasteiger charge is -2.33. The van der Waals surface area contributed by atoms with Crippen molar-refractivity contribution in [3.05, 3.63) is 65.2 Å². The standard InChI is InChI=1S/C20H17F4N5O3/c21-15-10-12(4-5-25-15)16-19(32,13-2-1-3-14(11-13)20(22,23)24)27-17(26-16)28-6-8-29(9-7-28)18(30)31/h1-5,10-11,32H,6-9H2,(H,30,31). The monoisotopic (exact) mass is 451 g/mol. The molecule has 2 aliphatic heterocycles. The molecule has 0 saturated carbocycles. The molecule has 0 bridgehead atoms. The van der Waals surface area contributed by atoms with Crippen molar-refractivity contribution < 1.29 is 32.6 Å². The van der Waals surface area contributed by atoms with E-state index in [9.17, 15) is 27.5 Å². The van der Waals surface area contributed by atoms with Crippen molar-refractivity contribution in [2.24, 2.45) is 9.98 Å². The van der Waals surface area contributed by atoms with Gasteiger partial charge < -0.3 is 20.0 Å². The first kappa shape index (κ1) is 21.7. The molecule has 1 aromatic carbocycles. The summed E-state index contributed by atoms with van der Waals surface area (Å²) in [6.07, 6.45) is -4.58. The van der Waals surface area contributed by atoms with Gasteiger partial charge in [-0.05, 0) is 18.2 Å². The number of amides is 1. The molecule has 1 aromatic heterocycles. The third kappa shape index (κ3) is 4.00. The molecule has 3 heterocycles. The highest BCUT2D eigenvalue weighted by atomic mass is 19.4. The number of rotatable bonds is 2. The van der Waals surface area contributed by atoms with E-state index in [-0.39, 0.29) is 49.0 Å². The van der Waals surface area contributed by atoms with Gasteiger partial charge in [0, 0.05) is 49.6 Å². The highest BCUT2D eigenvalue weighted by molar-refractivity contribution is 6.15. The Balaban J connectivity index is 1.76.